The van der Waals surface area contributed by atoms with Crippen molar-refractivity contribution in [3.8, 4) is 0 Å². The number of hydrogen-bond acceptors (Lipinski definition) is 7. The molecule has 0 radical (unpaired) electrons. The van der Waals surface area contributed by atoms with E-state index in [1.54, 1.807) is 31.6 Å². The van der Waals surface area contributed by atoms with E-state index in [2.05, 4.69) is 81.1 Å². The highest BCUT2D eigenvalue weighted by molar-refractivity contribution is 7.99. The molecule has 0 amide bonds. The average molecular weight is 501 g/mol. The van der Waals surface area contributed by atoms with Crippen LogP contribution in [-0.2, 0) is 6.54 Å². The summed E-state index contributed by atoms with van der Waals surface area (Å²) < 4.78 is 19.8. The summed E-state index contributed by atoms with van der Waals surface area (Å²) in [6, 6.07) is 6.21. The number of aryl methyl sites for hydroxylation is 1. The number of pyridine rings is 1. The number of hydrogen-bond donors (Lipinski definition) is 2. The monoisotopic (exact) mass is 500 g/mol. The number of fused-ring (bicyclic) bond motifs is 1. The highest BCUT2D eigenvalue weighted by atomic mass is 32.2. The smallest absolute Gasteiger partial charge is 0.158 e. The van der Waals surface area contributed by atoms with Crippen LogP contribution in [0.3, 0.4) is 0 Å². The highest BCUT2D eigenvalue weighted by Gasteiger charge is 2.47. The molecule has 1 fully saturated rings. The minimum Gasteiger partial charge on any atom is -0.355 e. The molecule has 5 rings (SSSR count). The van der Waals surface area contributed by atoms with E-state index in [0.29, 0.717) is 15.6 Å². The van der Waals surface area contributed by atoms with E-state index in [9.17, 15) is 4.39 Å². The van der Waals surface area contributed by atoms with E-state index in [1.165, 1.54) is 17.5 Å². The Balaban J connectivity index is 0.000000636. The molecule has 3 aromatic rings. The first-order valence-electron chi connectivity index (χ1n) is 11.7. The van der Waals surface area contributed by atoms with Crippen molar-refractivity contribution in [1.82, 2.24) is 24.2 Å². The van der Waals surface area contributed by atoms with Crippen LogP contribution < -0.4 is 9.62 Å². The van der Waals surface area contributed by atoms with Crippen LogP contribution in [-0.4, -0.2) is 32.6 Å². The molecule has 182 valence electrons. The van der Waals surface area contributed by atoms with Gasteiger partial charge in [-0.2, -0.15) is 0 Å². The van der Waals surface area contributed by atoms with Crippen LogP contribution in [0.1, 0.15) is 51.0 Å². The first-order chi connectivity index (χ1) is 16.3. The summed E-state index contributed by atoms with van der Waals surface area (Å²) in [5.41, 5.74) is 1.90. The Hall–Kier alpha value is -2.10. The lowest BCUT2D eigenvalue weighted by Gasteiger charge is -2.42. The van der Waals surface area contributed by atoms with Gasteiger partial charge in [0.15, 0.2) is 5.82 Å². The number of piperidine rings is 1. The zero-order valence-corrected chi connectivity index (χ0v) is 21.9. The quantitative estimate of drug-likeness (QED) is 0.448. The third-order valence-electron chi connectivity index (χ3n) is 6.33. The molecule has 1 N–H and O–H groups in total. The van der Waals surface area contributed by atoms with Gasteiger partial charge in [0.2, 0.25) is 0 Å². The van der Waals surface area contributed by atoms with Crippen molar-refractivity contribution >= 4 is 30.4 Å². The van der Waals surface area contributed by atoms with Gasteiger partial charge in [-0.3, -0.25) is 9.71 Å². The van der Waals surface area contributed by atoms with Crippen LogP contribution in [0.25, 0.3) is 0 Å². The molecule has 0 aromatic carbocycles. The number of nitrogens with one attached hydrogen (secondary N) is 1. The minimum absolute atomic E-state index is 0.189. The summed E-state index contributed by atoms with van der Waals surface area (Å²) in [5.74, 6) is 1.40. The van der Waals surface area contributed by atoms with Gasteiger partial charge in [-0.25, -0.2) is 14.4 Å². The average Bonchev–Trinajstić information content (AvgIpc) is 3.36. The van der Waals surface area contributed by atoms with E-state index < -0.39 is 0 Å². The summed E-state index contributed by atoms with van der Waals surface area (Å²) in [5, 5.41) is 0.672. The first-order valence-corrected chi connectivity index (χ1v) is 13.0. The molecular formula is C25H33FN6S2. The molecule has 1 atom stereocenters. The largest absolute Gasteiger partial charge is 0.355 e. The van der Waals surface area contributed by atoms with Crippen LogP contribution in [0.2, 0.25) is 0 Å². The number of aromatic nitrogens is 4. The number of anilines is 1. The van der Waals surface area contributed by atoms with E-state index in [4.69, 9.17) is 0 Å². The SMILES string of the molecule is CC(C)C.Cc1nccc(Sc2cnc(N3CCC4(CC3)Cn3cccc3[C@H]4NS)cn2)c1F. The van der Waals surface area contributed by atoms with Crippen molar-refractivity contribution in [1.29, 1.82) is 0 Å². The molecule has 5 heterocycles. The lowest BCUT2D eigenvalue weighted by atomic mass is 9.73. The highest BCUT2D eigenvalue weighted by Crippen LogP contribution is 2.49. The molecule has 3 aromatic heterocycles. The van der Waals surface area contributed by atoms with Crippen LogP contribution in [0.4, 0.5) is 10.2 Å². The van der Waals surface area contributed by atoms with Gasteiger partial charge in [0.25, 0.3) is 0 Å². The maximum absolute atomic E-state index is 14.2. The van der Waals surface area contributed by atoms with Gasteiger partial charge in [0.05, 0.1) is 29.0 Å². The third-order valence-corrected chi connectivity index (χ3v) is 7.54. The van der Waals surface area contributed by atoms with Gasteiger partial charge in [-0.05, 0) is 43.9 Å². The van der Waals surface area contributed by atoms with Crippen molar-refractivity contribution < 1.29 is 4.39 Å². The van der Waals surface area contributed by atoms with Crippen molar-refractivity contribution in [3.63, 3.8) is 0 Å². The molecule has 2 aliphatic rings. The molecule has 34 heavy (non-hydrogen) atoms. The molecule has 0 bridgehead atoms. The van der Waals surface area contributed by atoms with Crippen LogP contribution in [0.5, 0.6) is 0 Å². The summed E-state index contributed by atoms with van der Waals surface area (Å²) in [4.78, 5) is 15.9. The third kappa shape index (κ3) is 5.26. The lowest BCUT2D eigenvalue weighted by Crippen LogP contribution is -2.45. The molecule has 1 spiro atoms. The normalized spacial score (nSPS) is 18.7. The predicted molar refractivity (Wildman–Crippen MR) is 139 cm³/mol. The molecule has 6 nitrogen and oxygen atoms in total. The molecule has 2 aliphatic heterocycles. The molecule has 0 unspecified atom stereocenters. The fraction of sp³-hybridized carbons (Fsp3) is 0.480. The van der Waals surface area contributed by atoms with Crippen molar-refractivity contribution in [2.75, 3.05) is 18.0 Å². The maximum Gasteiger partial charge on any atom is 0.158 e. The summed E-state index contributed by atoms with van der Waals surface area (Å²) in [6.07, 6.45) is 9.40. The van der Waals surface area contributed by atoms with Gasteiger partial charge >= 0.3 is 0 Å². The van der Waals surface area contributed by atoms with E-state index in [1.807, 2.05) is 0 Å². The first kappa shape index (κ1) is 25.0. The van der Waals surface area contributed by atoms with Crippen molar-refractivity contribution in [2.45, 2.75) is 63.0 Å². The number of rotatable bonds is 4. The molecule has 1 saturated heterocycles. The van der Waals surface area contributed by atoms with Gasteiger partial charge in [-0.1, -0.05) is 45.3 Å². The number of thiol groups is 1. The lowest BCUT2D eigenvalue weighted by molar-refractivity contribution is 0.166. The zero-order valence-electron chi connectivity index (χ0n) is 20.2. The second-order valence-electron chi connectivity index (χ2n) is 9.73. The van der Waals surface area contributed by atoms with Crippen LogP contribution in [0, 0.1) is 24.1 Å². The summed E-state index contributed by atoms with van der Waals surface area (Å²) in [6.45, 7) is 11.0. The standard InChI is InChI=1S/C21H23FN6S2.C4H10/c1-14-19(22)16(4-7-23-14)30-18-12-24-17(11-25-18)27-9-5-21(6-10-27)13-28-8-2-3-15(28)20(21)26-29;1-4(2)3/h2-4,7-8,11-12,20,26,29H,5-6,9-10,13H2,1H3;4H,1-3H3/t20-;/m1./s1. The Bertz CT molecular complexity index is 1090. The molecule has 0 aliphatic carbocycles. The second-order valence-corrected chi connectivity index (χ2v) is 11.0. The van der Waals surface area contributed by atoms with Gasteiger partial charge in [0, 0.05) is 43.1 Å². The van der Waals surface area contributed by atoms with E-state index in [-0.39, 0.29) is 17.3 Å². The van der Waals surface area contributed by atoms with Gasteiger partial charge in [0.1, 0.15) is 10.8 Å². The molecule has 0 saturated carbocycles. The second kappa shape index (κ2) is 10.7. The fourth-order valence-corrected chi connectivity index (χ4v) is 5.86. The maximum atomic E-state index is 14.2. The van der Waals surface area contributed by atoms with Crippen LogP contribution >= 0.6 is 24.6 Å². The minimum atomic E-state index is -0.302. The predicted octanol–water partition coefficient (Wildman–Crippen LogP) is 5.71. The Morgan fingerprint density at radius 3 is 2.53 bits per heavy atom. The van der Waals surface area contributed by atoms with Crippen molar-refractivity contribution in [3.05, 3.63) is 60.2 Å². The van der Waals surface area contributed by atoms with Gasteiger partial charge < -0.3 is 9.47 Å². The Kier molecular flexibility index (Phi) is 7.84. The van der Waals surface area contributed by atoms with Crippen molar-refractivity contribution in [2.24, 2.45) is 11.3 Å². The molecule has 9 heteroatoms. The summed E-state index contributed by atoms with van der Waals surface area (Å²) >= 11 is 5.69. The Morgan fingerprint density at radius 2 is 1.88 bits per heavy atom. The Labute approximate surface area is 211 Å². The van der Waals surface area contributed by atoms with Gasteiger partial charge in [-0.15, -0.1) is 0 Å². The zero-order chi connectivity index (χ0) is 24.3. The van der Waals surface area contributed by atoms with E-state index >= 15 is 0 Å². The van der Waals surface area contributed by atoms with E-state index in [0.717, 1.165) is 44.2 Å². The van der Waals surface area contributed by atoms with Crippen LogP contribution in [0.15, 0.2) is 52.9 Å². The fourth-order valence-electron chi connectivity index (χ4n) is 4.65. The topological polar surface area (TPSA) is 58.9 Å². The summed E-state index contributed by atoms with van der Waals surface area (Å²) in [7, 11) is 0. The Morgan fingerprint density at radius 1 is 1.15 bits per heavy atom. The number of nitrogens with zero attached hydrogens (tertiary/aromatic N) is 5. The number of halogens is 1. The molecular weight excluding hydrogens is 467 g/mol.